The Hall–Kier alpha value is -2.02. The van der Waals surface area contributed by atoms with Crippen LogP contribution in [0.1, 0.15) is 30.6 Å². The Labute approximate surface area is 115 Å². The SMILES string of the molecule is CCC(C)[C@H](N)C(=O)Nc1cc(C(N)=O)c(F)cc1F. The van der Waals surface area contributed by atoms with E-state index in [1.807, 2.05) is 6.92 Å². The normalized spacial score (nSPS) is 13.7. The lowest BCUT2D eigenvalue weighted by Gasteiger charge is -2.18. The smallest absolute Gasteiger partial charge is 0.251 e. The summed E-state index contributed by atoms with van der Waals surface area (Å²) in [7, 11) is 0. The molecule has 2 atom stereocenters. The fourth-order valence-electron chi connectivity index (χ4n) is 1.56. The summed E-state index contributed by atoms with van der Waals surface area (Å²) in [4.78, 5) is 22.8. The lowest BCUT2D eigenvalue weighted by Crippen LogP contribution is -2.40. The van der Waals surface area contributed by atoms with Crippen LogP contribution in [0.2, 0.25) is 0 Å². The molecule has 0 saturated carbocycles. The van der Waals surface area contributed by atoms with Crippen molar-refractivity contribution < 1.29 is 18.4 Å². The highest BCUT2D eigenvalue weighted by Crippen LogP contribution is 2.20. The molecule has 0 radical (unpaired) electrons. The summed E-state index contributed by atoms with van der Waals surface area (Å²) < 4.78 is 26.8. The highest BCUT2D eigenvalue weighted by atomic mass is 19.1. The number of carbonyl (C=O) groups is 2. The summed E-state index contributed by atoms with van der Waals surface area (Å²) in [6.45, 7) is 3.64. The molecule has 1 aromatic rings. The fourth-order valence-corrected chi connectivity index (χ4v) is 1.56. The molecule has 0 bridgehead atoms. The zero-order valence-electron chi connectivity index (χ0n) is 11.2. The molecule has 1 unspecified atom stereocenters. The average Bonchev–Trinajstić information content (AvgIpc) is 2.39. The molecular formula is C13H17F2N3O2. The molecule has 0 fully saturated rings. The number of amides is 2. The van der Waals surface area contributed by atoms with Gasteiger partial charge in [-0.1, -0.05) is 20.3 Å². The molecule has 1 aromatic carbocycles. The minimum atomic E-state index is -1.08. The van der Waals surface area contributed by atoms with Gasteiger partial charge in [-0.15, -0.1) is 0 Å². The zero-order chi connectivity index (χ0) is 15.4. The maximum atomic E-state index is 13.6. The van der Waals surface area contributed by atoms with Crippen LogP contribution >= 0.6 is 0 Å². The quantitative estimate of drug-likeness (QED) is 0.762. The van der Waals surface area contributed by atoms with Crippen LogP contribution in [0.25, 0.3) is 0 Å². The number of primary amides is 1. The molecule has 0 aliphatic heterocycles. The fraction of sp³-hybridized carbons (Fsp3) is 0.385. The third kappa shape index (κ3) is 3.51. The first-order valence-corrected chi connectivity index (χ1v) is 6.13. The average molecular weight is 285 g/mol. The van der Waals surface area contributed by atoms with E-state index in [0.29, 0.717) is 12.5 Å². The topological polar surface area (TPSA) is 98.2 Å². The minimum Gasteiger partial charge on any atom is -0.366 e. The molecule has 0 spiro atoms. The third-order valence-corrected chi connectivity index (χ3v) is 3.14. The van der Waals surface area contributed by atoms with Gasteiger partial charge in [0, 0.05) is 6.07 Å². The number of anilines is 1. The Morgan fingerprint density at radius 2 is 1.90 bits per heavy atom. The number of nitrogens with one attached hydrogen (secondary N) is 1. The summed E-state index contributed by atoms with van der Waals surface area (Å²) in [5.74, 6) is -3.85. The predicted octanol–water partition coefficient (Wildman–Crippen LogP) is 1.38. The second-order valence-corrected chi connectivity index (χ2v) is 4.58. The first kappa shape index (κ1) is 16.0. The largest absolute Gasteiger partial charge is 0.366 e. The molecule has 0 aromatic heterocycles. The van der Waals surface area contributed by atoms with Crippen molar-refractivity contribution in [1.82, 2.24) is 0 Å². The van der Waals surface area contributed by atoms with Crippen LogP contribution in [0.4, 0.5) is 14.5 Å². The van der Waals surface area contributed by atoms with Crippen LogP contribution < -0.4 is 16.8 Å². The minimum absolute atomic E-state index is 0.103. The predicted molar refractivity (Wildman–Crippen MR) is 70.9 cm³/mol. The summed E-state index contributed by atoms with van der Waals surface area (Å²) in [6.07, 6.45) is 0.674. The van der Waals surface area contributed by atoms with Crippen LogP contribution in [0, 0.1) is 17.6 Å². The molecule has 0 saturated heterocycles. The molecule has 2 amide bonds. The zero-order valence-corrected chi connectivity index (χ0v) is 11.2. The van der Waals surface area contributed by atoms with Gasteiger partial charge in [-0.2, -0.15) is 0 Å². The molecule has 110 valence electrons. The van der Waals surface area contributed by atoms with Crippen molar-refractivity contribution in [2.75, 3.05) is 5.32 Å². The maximum absolute atomic E-state index is 13.6. The van der Waals surface area contributed by atoms with E-state index in [-0.39, 0.29) is 11.6 Å². The molecule has 20 heavy (non-hydrogen) atoms. The third-order valence-electron chi connectivity index (χ3n) is 3.14. The van der Waals surface area contributed by atoms with Crippen molar-refractivity contribution in [3.8, 4) is 0 Å². The Morgan fingerprint density at radius 1 is 1.30 bits per heavy atom. The standard InChI is InChI=1S/C13H17F2N3O2/c1-3-6(2)11(16)13(20)18-10-4-7(12(17)19)8(14)5-9(10)15/h4-6,11H,3,16H2,1-2H3,(H2,17,19)(H,18,20)/t6?,11-/m0/s1. The van der Waals surface area contributed by atoms with E-state index in [2.05, 4.69) is 5.32 Å². The second-order valence-electron chi connectivity index (χ2n) is 4.58. The van der Waals surface area contributed by atoms with Gasteiger partial charge in [-0.3, -0.25) is 9.59 Å². The Balaban J connectivity index is 3.01. The van der Waals surface area contributed by atoms with Crippen LogP contribution in [0.3, 0.4) is 0 Å². The molecular weight excluding hydrogens is 268 g/mol. The van der Waals surface area contributed by atoms with Crippen LogP contribution in [0.15, 0.2) is 12.1 Å². The Bertz CT molecular complexity index is 535. The molecule has 0 aliphatic rings. The number of halogens is 2. The van der Waals surface area contributed by atoms with E-state index < -0.39 is 35.1 Å². The van der Waals surface area contributed by atoms with E-state index >= 15 is 0 Å². The van der Waals surface area contributed by atoms with Gasteiger partial charge in [-0.05, 0) is 12.0 Å². The lowest BCUT2D eigenvalue weighted by molar-refractivity contribution is -0.118. The second kappa shape index (κ2) is 6.42. The number of nitrogens with two attached hydrogens (primary N) is 2. The van der Waals surface area contributed by atoms with E-state index in [0.717, 1.165) is 6.07 Å². The van der Waals surface area contributed by atoms with Gasteiger partial charge in [-0.25, -0.2) is 8.78 Å². The van der Waals surface area contributed by atoms with Crippen molar-refractivity contribution in [2.24, 2.45) is 17.4 Å². The van der Waals surface area contributed by atoms with E-state index in [4.69, 9.17) is 11.5 Å². The summed E-state index contributed by atoms with van der Waals surface area (Å²) in [5, 5.41) is 2.23. The molecule has 5 N–H and O–H groups in total. The van der Waals surface area contributed by atoms with Gasteiger partial charge in [0.2, 0.25) is 5.91 Å². The van der Waals surface area contributed by atoms with Crippen LogP contribution in [0.5, 0.6) is 0 Å². The van der Waals surface area contributed by atoms with Gasteiger partial charge >= 0.3 is 0 Å². The number of hydrogen-bond donors (Lipinski definition) is 3. The van der Waals surface area contributed by atoms with Crippen molar-refractivity contribution in [2.45, 2.75) is 26.3 Å². The van der Waals surface area contributed by atoms with E-state index in [1.165, 1.54) is 0 Å². The number of benzene rings is 1. The maximum Gasteiger partial charge on any atom is 0.251 e. The first-order valence-electron chi connectivity index (χ1n) is 6.13. The van der Waals surface area contributed by atoms with Gasteiger partial charge in [0.05, 0.1) is 17.3 Å². The first-order chi connectivity index (χ1) is 9.27. The van der Waals surface area contributed by atoms with Crippen LogP contribution in [-0.2, 0) is 4.79 Å². The summed E-state index contributed by atoms with van der Waals surface area (Å²) in [5.41, 5.74) is 9.82. The van der Waals surface area contributed by atoms with E-state index in [9.17, 15) is 18.4 Å². The van der Waals surface area contributed by atoms with Gasteiger partial charge in [0.15, 0.2) is 0 Å². The molecule has 5 nitrogen and oxygen atoms in total. The Morgan fingerprint density at radius 3 is 2.40 bits per heavy atom. The molecule has 7 heteroatoms. The summed E-state index contributed by atoms with van der Waals surface area (Å²) in [6, 6.07) is 0.514. The molecule has 0 heterocycles. The van der Waals surface area contributed by atoms with Crippen molar-refractivity contribution >= 4 is 17.5 Å². The molecule has 1 rings (SSSR count). The molecule has 0 aliphatic carbocycles. The lowest BCUT2D eigenvalue weighted by atomic mass is 9.99. The summed E-state index contributed by atoms with van der Waals surface area (Å²) >= 11 is 0. The Kier molecular flexibility index (Phi) is 5.15. The van der Waals surface area contributed by atoms with Crippen molar-refractivity contribution in [1.29, 1.82) is 0 Å². The number of hydrogen-bond acceptors (Lipinski definition) is 3. The highest BCUT2D eigenvalue weighted by molar-refractivity contribution is 5.98. The van der Waals surface area contributed by atoms with E-state index in [1.54, 1.807) is 6.92 Å². The number of rotatable bonds is 5. The number of carbonyl (C=O) groups excluding carboxylic acids is 2. The monoisotopic (exact) mass is 285 g/mol. The van der Waals surface area contributed by atoms with Gasteiger partial charge in [0.25, 0.3) is 5.91 Å². The highest BCUT2D eigenvalue weighted by Gasteiger charge is 2.22. The van der Waals surface area contributed by atoms with Crippen molar-refractivity contribution in [3.05, 3.63) is 29.3 Å². The van der Waals surface area contributed by atoms with Gasteiger partial charge < -0.3 is 16.8 Å². The van der Waals surface area contributed by atoms with Gasteiger partial charge in [0.1, 0.15) is 11.6 Å². The van der Waals surface area contributed by atoms with Crippen LogP contribution in [-0.4, -0.2) is 17.9 Å². The van der Waals surface area contributed by atoms with Crippen molar-refractivity contribution in [3.63, 3.8) is 0 Å².